The van der Waals surface area contributed by atoms with Gasteiger partial charge in [-0.05, 0) is 54.4 Å². The number of fused-ring (bicyclic) bond motifs is 1. The van der Waals surface area contributed by atoms with Gasteiger partial charge >= 0.3 is 0 Å². The number of carbonyl (C=O) groups excluding carboxylic acids is 2. The number of ether oxygens (including phenoxy) is 1. The second-order valence-electron chi connectivity index (χ2n) is 7.35. The molecule has 0 spiro atoms. The SMILES string of the molecule is CCC(C)N(CCC(=O)Nc1ccc2ccccc2c1)C(=O)c1cccc(OC)c1. The Kier molecular flexibility index (Phi) is 7.07. The first-order valence-corrected chi connectivity index (χ1v) is 10.3. The molecule has 0 heterocycles. The Morgan fingerprint density at radius 2 is 1.77 bits per heavy atom. The number of rotatable bonds is 8. The Bertz CT molecular complexity index is 1030. The highest BCUT2D eigenvalue weighted by molar-refractivity contribution is 5.96. The van der Waals surface area contributed by atoms with Gasteiger partial charge in [-0.2, -0.15) is 0 Å². The van der Waals surface area contributed by atoms with Gasteiger partial charge in [0.05, 0.1) is 7.11 Å². The number of benzene rings is 3. The third-order valence-electron chi connectivity index (χ3n) is 5.31. The molecule has 1 unspecified atom stereocenters. The molecule has 0 aliphatic heterocycles. The number of anilines is 1. The zero-order valence-electron chi connectivity index (χ0n) is 17.7. The molecule has 3 aromatic rings. The van der Waals surface area contributed by atoms with Gasteiger partial charge in [0, 0.05) is 30.3 Å². The van der Waals surface area contributed by atoms with E-state index in [9.17, 15) is 9.59 Å². The molecule has 0 radical (unpaired) electrons. The number of carbonyl (C=O) groups is 2. The van der Waals surface area contributed by atoms with E-state index in [1.807, 2.05) is 56.3 Å². The molecule has 1 N–H and O–H groups in total. The van der Waals surface area contributed by atoms with Crippen LogP contribution >= 0.6 is 0 Å². The van der Waals surface area contributed by atoms with E-state index in [-0.39, 0.29) is 24.3 Å². The maximum atomic E-state index is 13.1. The number of hydrogen-bond donors (Lipinski definition) is 1. The maximum Gasteiger partial charge on any atom is 0.254 e. The number of amides is 2. The van der Waals surface area contributed by atoms with Gasteiger partial charge in [0.25, 0.3) is 5.91 Å². The molecule has 0 saturated carbocycles. The predicted molar refractivity (Wildman–Crippen MR) is 121 cm³/mol. The van der Waals surface area contributed by atoms with Crippen molar-refractivity contribution in [3.63, 3.8) is 0 Å². The van der Waals surface area contributed by atoms with Crippen molar-refractivity contribution >= 4 is 28.3 Å². The van der Waals surface area contributed by atoms with E-state index in [1.54, 1.807) is 36.3 Å². The molecule has 5 nitrogen and oxygen atoms in total. The minimum atomic E-state index is -0.114. The summed E-state index contributed by atoms with van der Waals surface area (Å²) in [4.78, 5) is 27.4. The number of hydrogen-bond acceptors (Lipinski definition) is 3. The van der Waals surface area contributed by atoms with Gasteiger partial charge in [-0.15, -0.1) is 0 Å². The summed E-state index contributed by atoms with van der Waals surface area (Å²) >= 11 is 0. The molecule has 156 valence electrons. The molecule has 0 aromatic heterocycles. The second kappa shape index (κ2) is 9.92. The highest BCUT2D eigenvalue weighted by Gasteiger charge is 2.21. The summed E-state index contributed by atoms with van der Waals surface area (Å²) in [6, 6.07) is 21.0. The molecular formula is C25H28N2O3. The van der Waals surface area contributed by atoms with Crippen LogP contribution < -0.4 is 10.1 Å². The minimum Gasteiger partial charge on any atom is -0.497 e. The van der Waals surface area contributed by atoms with Gasteiger partial charge in [0.15, 0.2) is 0 Å². The average molecular weight is 405 g/mol. The van der Waals surface area contributed by atoms with Crippen molar-refractivity contribution in [2.75, 3.05) is 19.0 Å². The van der Waals surface area contributed by atoms with Gasteiger partial charge in [-0.1, -0.05) is 43.3 Å². The zero-order valence-corrected chi connectivity index (χ0v) is 17.7. The van der Waals surface area contributed by atoms with Crippen LogP contribution in [0, 0.1) is 0 Å². The summed E-state index contributed by atoms with van der Waals surface area (Å²) in [5.74, 6) is 0.429. The van der Waals surface area contributed by atoms with Crippen LogP contribution in [0.4, 0.5) is 5.69 Å². The average Bonchev–Trinajstić information content (AvgIpc) is 2.78. The fourth-order valence-electron chi connectivity index (χ4n) is 3.38. The van der Waals surface area contributed by atoms with Crippen LogP contribution in [0.5, 0.6) is 5.75 Å². The predicted octanol–water partition coefficient (Wildman–Crippen LogP) is 5.12. The summed E-state index contributed by atoms with van der Waals surface area (Å²) in [5, 5.41) is 5.15. The Morgan fingerprint density at radius 1 is 1.00 bits per heavy atom. The number of nitrogens with one attached hydrogen (secondary N) is 1. The van der Waals surface area contributed by atoms with Crippen LogP contribution in [0.25, 0.3) is 10.8 Å². The second-order valence-corrected chi connectivity index (χ2v) is 7.35. The molecule has 1 atom stereocenters. The third kappa shape index (κ3) is 5.17. The van der Waals surface area contributed by atoms with Crippen molar-refractivity contribution < 1.29 is 14.3 Å². The Balaban J connectivity index is 1.67. The summed E-state index contributed by atoms with van der Waals surface area (Å²) < 4.78 is 5.23. The van der Waals surface area contributed by atoms with Gasteiger partial charge < -0.3 is 15.0 Å². The molecule has 0 aliphatic rings. The first kappa shape index (κ1) is 21.4. The zero-order chi connectivity index (χ0) is 21.5. The van der Waals surface area contributed by atoms with Crippen molar-refractivity contribution in [2.45, 2.75) is 32.7 Å². The molecule has 3 aromatic carbocycles. The summed E-state index contributed by atoms with van der Waals surface area (Å²) in [6.45, 7) is 4.38. The lowest BCUT2D eigenvalue weighted by atomic mass is 10.1. The number of methoxy groups -OCH3 is 1. The number of nitrogens with zero attached hydrogens (tertiary/aromatic N) is 1. The lowest BCUT2D eigenvalue weighted by Gasteiger charge is -2.28. The van der Waals surface area contributed by atoms with Gasteiger partial charge in [0.2, 0.25) is 5.91 Å². The van der Waals surface area contributed by atoms with Crippen LogP contribution in [0.15, 0.2) is 66.7 Å². The Hall–Kier alpha value is -3.34. The fourth-order valence-corrected chi connectivity index (χ4v) is 3.38. The lowest BCUT2D eigenvalue weighted by molar-refractivity contribution is -0.116. The van der Waals surface area contributed by atoms with Gasteiger partial charge in [-0.3, -0.25) is 9.59 Å². The first-order valence-electron chi connectivity index (χ1n) is 10.3. The molecule has 3 rings (SSSR count). The van der Waals surface area contributed by atoms with E-state index in [0.717, 1.165) is 22.9 Å². The van der Waals surface area contributed by atoms with E-state index < -0.39 is 0 Å². The quantitative estimate of drug-likeness (QED) is 0.567. The molecule has 0 fully saturated rings. The van der Waals surface area contributed by atoms with Crippen molar-refractivity contribution in [2.24, 2.45) is 0 Å². The first-order chi connectivity index (χ1) is 14.5. The molecule has 2 amide bonds. The maximum absolute atomic E-state index is 13.1. The van der Waals surface area contributed by atoms with Crippen LogP contribution in [-0.4, -0.2) is 36.4 Å². The highest BCUT2D eigenvalue weighted by atomic mass is 16.5. The van der Waals surface area contributed by atoms with E-state index in [1.165, 1.54) is 0 Å². The summed E-state index contributed by atoms with van der Waals surface area (Å²) in [6.07, 6.45) is 1.04. The summed E-state index contributed by atoms with van der Waals surface area (Å²) in [5.41, 5.74) is 1.32. The smallest absolute Gasteiger partial charge is 0.254 e. The summed E-state index contributed by atoms with van der Waals surface area (Å²) in [7, 11) is 1.58. The van der Waals surface area contributed by atoms with E-state index in [0.29, 0.717) is 17.9 Å². The highest BCUT2D eigenvalue weighted by Crippen LogP contribution is 2.20. The Morgan fingerprint density at radius 3 is 2.50 bits per heavy atom. The van der Waals surface area contributed by atoms with Crippen LogP contribution in [0.2, 0.25) is 0 Å². The third-order valence-corrected chi connectivity index (χ3v) is 5.31. The molecule has 0 aliphatic carbocycles. The molecule has 5 heteroatoms. The molecule has 30 heavy (non-hydrogen) atoms. The Labute approximate surface area is 177 Å². The van der Waals surface area contributed by atoms with Crippen LogP contribution in [-0.2, 0) is 4.79 Å². The van der Waals surface area contributed by atoms with Crippen molar-refractivity contribution in [1.29, 1.82) is 0 Å². The standard InChI is InChI=1S/C25H28N2O3/c1-4-18(2)27(25(29)21-10-7-11-23(17-21)30-3)15-14-24(28)26-22-13-12-19-8-5-6-9-20(19)16-22/h5-13,16-18H,4,14-15H2,1-3H3,(H,26,28). The minimum absolute atomic E-state index is 0.0252. The van der Waals surface area contributed by atoms with Crippen molar-refractivity contribution in [3.05, 3.63) is 72.3 Å². The largest absolute Gasteiger partial charge is 0.497 e. The van der Waals surface area contributed by atoms with Gasteiger partial charge in [0.1, 0.15) is 5.75 Å². The molecule has 0 saturated heterocycles. The van der Waals surface area contributed by atoms with Crippen LogP contribution in [0.3, 0.4) is 0 Å². The molecular weight excluding hydrogens is 376 g/mol. The topological polar surface area (TPSA) is 58.6 Å². The normalized spacial score (nSPS) is 11.7. The fraction of sp³-hybridized carbons (Fsp3) is 0.280. The van der Waals surface area contributed by atoms with E-state index in [4.69, 9.17) is 4.74 Å². The van der Waals surface area contributed by atoms with Gasteiger partial charge in [-0.25, -0.2) is 0 Å². The lowest BCUT2D eigenvalue weighted by Crippen LogP contribution is -2.40. The van der Waals surface area contributed by atoms with E-state index in [2.05, 4.69) is 5.32 Å². The van der Waals surface area contributed by atoms with Crippen molar-refractivity contribution in [1.82, 2.24) is 4.90 Å². The monoisotopic (exact) mass is 404 g/mol. The molecule has 0 bridgehead atoms. The van der Waals surface area contributed by atoms with E-state index >= 15 is 0 Å². The van der Waals surface area contributed by atoms with Crippen molar-refractivity contribution in [3.8, 4) is 5.75 Å². The van der Waals surface area contributed by atoms with Crippen LogP contribution in [0.1, 0.15) is 37.0 Å².